The van der Waals surface area contributed by atoms with Gasteiger partial charge in [0.1, 0.15) is 0 Å². The Labute approximate surface area is 141 Å². The third kappa shape index (κ3) is 5.20. The van der Waals surface area contributed by atoms with Gasteiger partial charge in [0.15, 0.2) is 0 Å². The van der Waals surface area contributed by atoms with E-state index in [-0.39, 0.29) is 6.10 Å². The van der Waals surface area contributed by atoms with E-state index in [9.17, 15) is 5.11 Å². The van der Waals surface area contributed by atoms with E-state index in [1.54, 1.807) is 0 Å². The summed E-state index contributed by atoms with van der Waals surface area (Å²) in [4.78, 5) is 4.99. The highest BCUT2D eigenvalue weighted by Gasteiger charge is 2.18. The first kappa shape index (κ1) is 18.2. The van der Waals surface area contributed by atoms with Crippen molar-refractivity contribution in [2.45, 2.75) is 39.8 Å². The summed E-state index contributed by atoms with van der Waals surface area (Å²) in [6, 6.07) is 8.65. The number of aliphatic hydroxyl groups is 1. The van der Waals surface area contributed by atoms with Gasteiger partial charge in [0.25, 0.3) is 0 Å². The highest BCUT2D eigenvalue weighted by atomic mass is 16.3. The molecule has 1 aromatic rings. The van der Waals surface area contributed by atoms with Crippen molar-refractivity contribution in [1.82, 2.24) is 10.2 Å². The van der Waals surface area contributed by atoms with Gasteiger partial charge in [0.05, 0.1) is 6.10 Å². The van der Waals surface area contributed by atoms with Crippen molar-refractivity contribution < 1.29 is 5.11 Å². The van der Waals surface area contributed by atoms with Crippen LogP contribution in [0.4, 0.5) is 5.69 Å². The third-order valence-corrected chi connectivity index (χ3v) is 5.12. The van der Waals surface area contributed by atoms with Gasteiger partial charge in [-0.05, 0) is 24.1 Å². The minimum atomic E-state index is -0.264. The van der Waals surface area contributed by atoms with Crippen molar-refractivity contribution in [3.05, 3.63) is 29.8 Å². The summed E-state index contributed by atoms with van der Waals surface area (Å²) in [5, 5.41) is 13.5. The Morgan fingerprint density at radius 3 is 2.48 bits per heavy atom. The predicted molar refractivity (Wildman–Crippen MR) is 97.9 cm³/mol. The van der Waals surface area contributed by atoms with E-state index in [2.05, 4.69) is 60.2 Å². The lowest BCUT2D eigenvalue weighted by molar-refractivity contribution is 0.113. The Morgan fingerprint density at radius 2 is 1.83 bits per heavy atom. The fourth-order valence-corrected chi connectivity index (χ4v) is 3.10. The summed E-state index contributed by atoms with van der Waals surface area (Å²) in [6.45, 7) is 13.6. The maximum atomic E-state index is 10.1. The number of hydrogen-bond acceptors (Lipinski definition) is 4. The van der Waals surface area contributed by atoms with Crippen molar-refractivity contribution in [2.75, 3.05) is 44.2 Å². The van der Waals surface area contributed by atoms with Gasteiger partial charge in [-0.3, -0.25) is 0 Å². The van der Waals surface area contributed by atoms with Gasteiger partial charge < -0.3 is 20.2 Å². The molecule has 2 unspecified atom stereocenters. The zero-order valence-electron chi connectivity index (χ0n) is 15.0. The molecule has 1 aromatic carbocycles. The van der Waals surface area contributed by atoms with E-state index < -0.39 is 0 Å². The first-order chi connectivity index (χ1) is 11.2. The molecule has 130 valence electrons. The molecule has 23 heavy (non-hydrogen) atoms. The molecular weight excluding hydrogens is 286 g/mol. The fourth-order valence-electron chi connectivity index (χ4n) is 3.10. The van der Waals surface area contributed by atoms with Crippen LogP contribution >= 0.6 is 0 Å². The molecule has 4 nitrogen and oxygen atoms in total. The highest BCUT2D eigenvalue weighted by molar-refractivity contribution is 5.54. The zero-order chi connectivity index (χ0) is 16.7. The highest BCUT2D eigenvalue weighted by Crippen LogP contribution is 2.22. The van der Waals surface area contributed by atoms with Gasteiger partial charge in [-0.2, -0.15) is 0 Å². The molecule has 0 aromatic heterocycles. The molecule has 2 atom stereocenters. The molecule has 2 rings (SSSR count). The van der Waals surface area contributed by atoms with E-state index in [0.29, 0.717) is 12.5 Å². The van der Waals surface area contributed by atoms with Crippen molar-refractivity contribution in [3.63, 3.8) is 0 Å². The van der Waals surface area contributed by atoms with Crippen LogP contribution in [0.5, 0.6) is 0 Å². The molecule has 1 saturated heterocycles. The topological polar surface area (TPSA) is 38.7 Å². The zero-order valence-corrected chi connectivity index (χ0v) is 15.0. The molecule has 2 N–H and O–H groups in total. The minimum absolute atomic E-state index is 0.264. The average molecular weight is 319 g/mol. The molecule has 0 radical (unpaired) electrons. The monoisotopic (exact) mass is 319 g/mol. The van der Waals surface area contributed by atoms with Gasteiger partial charge in [0, 0.05) is 45.0 Å². The van der Waals surface area contributed by atoms with Gasteiger partial charge in [0.2, 0.25) is 0 Å². The van der Waals surface area contributed by atoms with E-state index in [4.69, 9.17) is 0 Å². The fraction of sp³-hybridized carbons (Fsp3) is 0.684. The smallest absolute Gasteiger partial charge is 0.0690 e. The number of para-hydroxylation sites is 1. The summed E-state index contributed by atoms with van der Waals surface area (Å²) in [5.74, 6) is 0.347. The van der Waals surface area contributed by atoms with Crippen LogP contribution in [0.2, 0.25) is 0 Å². The standard InChI is InChI=1S/C19H33N3O/c1-4-16(3)19(23)15-20-14-17-8-6-7-9-18(17)22-12-10-21(5-2)11-13-22/h6-9,16,19-20,23H,4-5,10-15H2,1-3H3. The van der Waals surface area contributed by atoms with Gasteiger partial charge in [-0.15, -0.1) is 0 Å². The number of nitrogens with zero attached hydrogens (tertiary/aromatic N) is 2. The van der Waals surface area contributed by atoms with Crippen molar-refractivity contribution in [3.8, 4) is 0 Å². The van der Waals surface area contributed by atoms with Crippen molar-refractivity contribution in [2.24, 2.45) is 5.92 Å². The average Bonchev–Trinajstić information content (AvgIpc) is 2.61. The molecule has 0 amide bonds. The number of nitrogens with one attached hydrogen (secondary N) is 1. The number of hydrogen-bond donors (Lipinski definition) is 2. The second kappa shape index (κ2) is 9.26. The van der Waals surface area contributed by atoms with Crippen LogP contribution in [0.15, 0.2) is 24.3 Å². The molecular formula is C19H33N3O. The maximum absolute atomic E-state index is 10.1. The van der Waals surface area contributed by atoms with E-state index in [0.717, 1.165) is 45.7 Å². The van der Waals surface area contributed by atoms with Crippen LogP contribution in [0.1, 0.15) is 32.8 Å². The Balaban J connectivity index is 1.90. The van der Waals surface area contributed by atoms with Crippen LogP contribution < -0.4 is 10.2 Å². The van der Waals surface area contributed by atoms with E-state index in [1.165, 1.54) is 11.3 Å². The predicted octanol–water partition coefficient (Wildman–Crippen LogP) is 2.33. The summed E-state index contributed by atoms with van der Waals surface area (Å²) in [6.07, 6.45) is 0.751. The largest absolute Gasteiger partial charge is 0.392 e. The summed E-state index contributed by atoms with van der Waals surface area (Å²) < 4.78 is 0. The Kier molecular flexibility index (Phi) is 7.34. The maximum Gasteiger partial charge on any atom is 0.0690 e. The van der Waals surface area contributed by atoms with Crippen molar-refractivity contribution in [1.29, 1.82) is 0 Å². The Hall–Kier alpha value is -1.10. The molecule has 1 aliphatic rings. The number of likely N-dealkylation sites (N-methyl/N-ethyl adjacent to an activating group) is 1. The number of anilines is 1. The number of piperazine rings is 1. The van der Waals surface area contributed by atoms with Crippen LogP contribution in [0.25, 0.3) is 0 Å². The lowest BCUT2D eigenvalue weighted by Gasteiger charge is -2.36. The van der Waals surface area contributed by atoms with Gasteiger partial charge >= 0.3 is 0 Å². The number of benzene rings is 1. The normalized spacial score (nSPS) is 18.9. The third-order valence-electron chi connectivity index (χ3n) is 5.12. The quantitative estimate of drug-likeness (QED) is 0.771. The molecule has 1 heterocycles. The molecule has 4 heteroatoms. The Morgan fingerprint density at radius 1 is 1.13 bits per heavy atom. The van der Waals surface area contributed by atoms with E-state index >= 15 is 0 Å². The lowest BCUT2D eigenvalue weighted by atomic mass is 10.0. The molecule has 0 saturated carbocycles. The number of aliphatic hydroxyl groups excluding tert-OH is 1. The van der Waals surface area contributed by atoms with Crippen LogP contribution in [-0.2, 0) is 6.54 Å². The van der Waals surface area contributed by atoms with Gasteiger partial charge in [-0.1, -0.05) is 45.4 Å². The molecule has 0 aliphatic carbocycles. The first-order valence-electron chi connectivity index (χ1n) is 9.09. The SMILES string of the molecule is CCC(C)C(O)CNCc1ccccc1N1CCN(CC)CC1. The van der Waals surface area contributed by atoms with Crippen LogP contribution in [0.3, 0.4) is 0 Å². The minimum Gasteiger partial charge on any atom is -0.392 e. The molecule has 0 bridgehead atoms. The second-order valence-electron chi connectivity index (χ2n) is 6.63. The molecule has 1 fully saturated rings. The molecule has 1 aliphatic heterocycles. The summed E-state index contributed by atoms with van der Waals surface area (Å²) in [7, 11) is 0. The van der Waals surface area contributed by atoms with Crippen LogP contribution in [0, 0.1) is 5.92 Å². The number of rotatable bonds is 8. The first-order valence-corrected chi connectivity index (χ1v) is 9.09. The van der Waals surface area contributed by atoms with Crippen LogP contribution in [-0.4, -0.2) is 55.4 Å². The lowest BCUT2D eigenvalue weighted by Crippen LogP contribution is -2.46. The summed E-state index contributed by atoms with van der Waals surface area (Å²) in [5.41, 5.74) is 2.67. The molecule has 0 spiro atoms. The Bertz CT molecular complexity index is 458. The summed E-state index contributed by atoms with van der Waals surface area (Å²) >= 11 is 0. The second-order valence-corrected chi connectivity index (χ2v) is 6.63. The van der Waals surface area contributed by atoms with Gasteiger partial charge in [-0.25, -0.2) is 0 Å². The van der Waals surface area contributed by atoms with E-state index in [1.807, 2.05) is 0 Å². The van der Waals surface area contributed by atoms with Crippen molar-refractivity contribution >= 4 is 5.69 Å².